The van der Waals surface area contributed by atoms with E-state index < -0.39 is 0 Å². The van der Waals surface area contributed by atoms with Gasteiger partial charge in [0, 0.05) is 6.04 Å². The highest BCUT2D eigenvalue weighted by molar-refractivity contribution is 5.77. The van der Waals surface area contributed by atoms with Crippen LogP contribution in [-0.4, -0.2) is 28.9 Å². The van der Waals surface area contributed by atoms with Crippen LogP contribution in [0.3, 0.4) is 0 Å². The molecule has 17 heavy (non-hydrogen) atoms. The predicted octanol–water partition coefficient (Wildman–Crippen LogP) is 1.33. The lowest BCUT2D eigenvalue weighted by molar-refractivity contribution is -0.140. The van der Waals surface area contributed by atoms with Crippen molar-refractivity contribution in [3.63, 3.8) is 0 Å². The summed E-state index contributed by atoms with van der Waals surface area (Å²) in [4.78, 5) is 11.3. The highest BCUT2D eigenvalue weighted by Crippen LogP contribution is 2.25. The summed E-state index contributed by atoms with van der Waals surface area (Å²) in [6, 6.07) is 0.177. The molecule has 0 atom stereocenters. The van der Waals surface area contributed by atoms with E-state index in [0.29, 0.717) is 18.1 Å². The molecule has 6 heteroatoms. The summed E-state index contributed by atoms with van der Waals surface area (Å²) in [5, 5.41) is 7.28. The minimum Gasteiger partial charge on any atom is -0.465 e. The molecule has 1 aromatic heterocycles. The smallest absolute Gasteiger partial charge is 0.325 e. The molecule has 0 bridgehead atoms. The molecule has 6 nitrogen and oxygen atoms in total. The van der Waals surface area contributed by atoms with Crippen molar-refractivity contribution in [2.24, 2.45) is 0 Å². The molecule has 0 radical (unpaired) electrons. The van der Waals surface area contributed by atoms with Crippen molar-refractivity contribution >= 4 is 17.5 Å². The van der Waals surface area contributed by atoms with Crippen molar-refractivity contribution in [3.05, 3.63) is 5.69 Å². The monoisotopic (exact) mass is 240 g/mol. The Bertz CT molecular complexity index is 398. The SMILES string of the molecule is CCOC(=O)CNc1c(N)c(C)nn1C(C)C. The van der Waals surface area contributed by atoms with Gasteiger partial charge in [0.1, 0.15) is 12.4 Å². The number of ether oxygens (including phenoxy) is 1. The van der Waals surface area contributed by atoms with E-state index in [0.717, 1.165) is 5.69 Å². The fourth-order valence-corrected chi connectivity index (χ4v) is 1.48. The largest absolute Gasteiger partial charge is 0.465 e. The molecule has 96 valence electrons. The topological polar surface area (TPSA) is 82.2 Å². The minimum absolute atomic E-state index is 0.0931. The van der Waals surface area contributed by atoms with Crippen LogP contribution in [0.15, 0.2) is 0 Å². The second-order valence-electron chi connectivity index (χ2n) is 4.04. The average Bonchev–Trinajstić information content (AvgIpc) is 2.54. The van der Waals surface area contributed by atoms with Crippen LogP contribution in [0, 0.1) is 6.92 Å². The zero-order valence-electron chi connectivity index (χ0n) is 10.8. The zero-order chi connectivity index (χ0) is 13.0. The van der Waals surface area contributed by atoms with E-state index >= 15 is 0 Å². The van der Waals surface area contributed by atoms with Crippen LogP contribution < -0.4 is 11.1 Å². The van der Waals surface area contributed by atoms with Gasteiger partial charge in [-0.15, -0.1) is 0 Å². The van der Waals surface area contributed by atoms with Gasteiger partial charge in [0.2, 0.25) is 0 Å². The van der Waals surface area contributed by atoms with Crippen molar-refractivity contribution in [1.82, 2.24) is 9.78 Å². The standard InChI is InChI=1S/C11H20N4O2/c1-5-17-9(16)6-13-11-10(12)8(4)14-15(11)7(2)3/h7,13H,5-6,12H2,1-4H3. The zero-order valence-corrected chi connectivity index (χ0v) is 10.8. The lowest BCUT2D eigenvalue weighted by Gasteiger charge is -2.12. The molecular weight excluding hydrogens is 220 g/mol. The first-order valence-corrected chi connectivity index (χ1v) is 5.71. The first-order valence-electron chi connectivity index (χ1n) is 5.71. The molecule has 0 aliphatic rings. The Morgan fingerprint density at radius 3 is 2.76 bits per heavy atom. The summed E-state index contributed by atoms with van der Waals surface area (Å²) in [7, 11) is 0. The molecule has 0 aliphatic carbocycles. The van der Waals surface area contributed by atoms with Crippen molar-refractivity contribution in [2.45, 2.75) is 33.7 Å². The van der Waals surface area contributed by atoms with Crippen LogP contribution in [0.2, 0.25) is 0 Å². The second-order valence-corrected chi connectivity index (χ2v) is 4.04. The summed E-state index contributed by atoms with van der Waals surface area (Å²) in [5.74, 6) is 0.367. The van der Waals surface area contributed by atoms with E-state index in [1.54, 1.807) is 11.6 Å². The summed E-state index contributed by atoms with van der Waals surface area (Å²) in [5.41, 5.74) is 7.23. The van der Waals surface area contributed by atoms with Crippen LogP contribution in [0.4, 0.5) is 11.5 Å². The van der Waals surface area contributed by atoms with Crippen molar-refractivity contribution in [3.8, 4) is 0 Å². The van der Waals surface area contributed by atoms with Gasteiger partial charge in [-0.05, 0) is 27.7 Å². The van der Waals surface area contributed by atoms with E-state index in [1.807, 2.05) is 20.8 Å². The molecule has 3 N–H and O–H groups in total. The lowest BCUT2D eigenvalue weighted by atomic mass is 10.3. The number of rotatable bonds is 5. The van der Waals surface area contributed by atoms with E-state index in [1.165, 1.54) is 0 Å². The number of nitrogen functional groups attached to an aromatic ring is 1. The number of aromatic nitrogens is 2. The van der Waals surface area contributed by atoms with Crippen LogP contribution >= 0.6 is 0 Å². The number of nitrogens with two attached hydrogens (primary N) is 1. The summed E-state index contributed by atoms with van der Waals surface area (Å²) >= 11 is 0. The lowest BCUT2D eigenvalue weighted by Crippen LogP contribution is -2.20. The highest BCUT2D eigenvalue weighted by Gasteiger charge is 2.15. The van der Waals surface area contributed by atoms with Gasteiger partial charge < -0.3 is 15.8 Å². The van der Waals surface area contributed by atoms with E-state index in [4.69, 9.17) is 10.5 Å². The second kappa shape index (κ2) is 5.56. The Labute approximate surface area is 101 Å². The molecule has 1 rings (SSSR count). The first kappa shape index (κ1) is 13.3. The normalized spacial score (nSPS) is 10.6. The maximum atomic E-state index is 11.3. The maximum absolute atomic E-state index is 11.3. The molecule has 0 fully saturated rings. The molecule has 0 aromatic carbocycles. The number of nitrogens with zero attached hydrogens (tertiary/aromatic N) is 2. The van der Waals surface area contributed by atoms with Crippen molar-refractivity contribution < 1.29 is 9.53 Å². The number of esters is 1. The quantitative estimate of drug-likeness (QED) is 0.759. The number of hydrogen-bond donors (Lipinski definition) is 2. The third-order valence-electron chi connectivity index (χ3n) is 2.33. The molecule has 0 saturated heterocycles. The van der Waals surface area contributed by atoms with E-state index in [-0.39, 0.29) is 18.6 Å². The molecule has 0 amide bonds. The van der Waals surface area contributed by atoms with Crippen LogP contribution in [0.25, 0.3) is 0 Å². The van der Waals surface area contributed by atoms with Crippen LogP contribution in [0.5, 0.6) is 0 Å². The summed E-state index contributed by atoms with van der Waals surface area (Å²) in [6.45, 7) is 8.08. The Morgan fingerprint density at radius 2 is 2.24 bits per heavy atom. The van der Waals surface area contributed by atoms with Gasteiger partial charge in [-0.2, -0.15) is 5.10 Å². The number of carbonyl (C=O) groups is 1. The molecule has 0 spiro atoms. The predicted molar refractivity (Wildman–Crippen MR) is 66.9 cm³/mol. The van der Waals surface area contributed by atoms with Gasteiger partial charge in [0.15, 0.2) is 0 Å². The molecular formula is C11H20N4O2. The molecule has 1 aromatic rings. The Morgan fingerprint density at radius 1 is 1.59 bits per heavy atom. The van der Waals surface area contributed by atoms with Gasteiger partial charge in [-0.3, -0.25) is 4.79 Å². The fraction of sp³-hybridized carbons (Fsp3) is 0.636. The van der Waals surface area contributed by atoms with E-state index in [2.05, 4.69) is 10.4 Å². The van der Waals surface area contributed by atoms with Gasteiger partial charge >= 0.3 is 5.97 Å². The van der Waals surface area contributed by atoms with Gasteiger partial charge in [0.25, 0.3) is 0 Å². The third kappa shape index (κ3) is 3.12. The first-order chi connectivity index (χ1) is 7.97. The molecule has 0 saturated carbocycles. The summed E-state index contributed by atoms with van der Waals surface area (Å²) in [6.07, 6.45) is 0. The summed E-state index contributed by atoms with van der Waals surface area (Å²) < 4.78 is 6.61. The van der Waals surface area contributed by atoms with Gasteiger partial charge in [-0.25, -0.2) is 4.68 Å². The average molecular weight is 240 g/mol. The number of aryl methyl sites for hydroxylation is 1. The number of nitrogens with one attached hydrogen (secondary N) is 1. The Hall–Kier alpha value is -1.72. The third-order valence-corrected chi connectivity index (χ3v) is 2.33. The van der Waals surface area contributed by atoms with Gasteiger partial charge in [0.05, 0.1) is 18.0 Å². The number of carbonyl (C=O) groups excluding carboxylic acids is 1. The van der Waals surface area contributed by atoms with Gasteiger partial charge in [-0.1, -0.05) is 0 Å². The van der Waals surface area contributed by atoms with Crippen molar-refractivity contribution in [1.29, 1.82) is 0 Å². The van der Waals surface area contributed by atoms with E-state index in [9.17, 15) is 4.79 Å². The van der Waals surface area contributed by atoms with Crippen molar-refractivity contribution in [2.75, 3.05) is 24.2 Å². The van der Waals surface area contributed by atoms with Crippen LogP contribution in [0.1, 0.15) is 32.5 Å². The fourth-order valence-electron chi connectivity index (χ4n) is 1.48. The molecule has 1 heterocycles. The number of anilines is 2. The Kier molecular flexibility index (Phi) is 4.37. The number of hydrogen-bond acceptors (Lipinski definition) is 5. The maximum Gasteiger partial charge on any atom is 0.325 e. The Balaban J connectivity index is 2.79. The minimum atomic E-state index is -0.305. The molecule has 0 unspecified atom stereocenters. The highest BCUT2D eigenvalue weighted by atomic mass is 16.5. The van der Waals surface area contributed by atoms with Crippen LogP contribution in [-0.2, 0) is 9.53 Å². The molecule has 0 aliphatic heterocycles.